The number of benzene rings is 1. The van der Waals surface area contributed by atoms with Gasteiger partial charge in [0, 0.05) is 30.9 Å². The molecule has 0 aliphatic heterocycles. The van der Waals surface area contributed by atoms with Gasteiger partial charge in [0.05, 0.1) is 27.7 Å². The van der Waals surface area contributed by atoms with Crippen LogP contribution in [0.5, 0.6) is 17.2 Å². The van der Waals surface area contributed by atoms with Gasteiger partial charge in [0.2, 0.25) is 11.7 Å². The molecule has 0 saturated carbocycles. The molecule has 1 aromatic heterocycles. The number of nitrogens with zero attached hydrogens (tertiary/aromatic N) is 2. The molecule has 0 aliphatic carbocycles. The van der Waals surface area contributed by atoms with E-state index in [2.05, 4.69) is 10.3 Å². The van der Waals surface area contributed by atoms with Crippen molar-refractivity contribution in [2.45, 2.75) is 13.5 Å². The van der Waals surface area contributed by atoms with Crippen LogP contribution in [0, 0.1) is 6.92 Å². The van der Waals surface area contributed by atoms with Gasteiger partial charge >= 0.3 is 0 Å². The lowest BCUT2D eigenvalue weighted by Gasteiger charge is -2.12. The molecule has 0 unspecified atom stereocenters. The number of carbonyl (C=O) groups excluding carboxylic acids is 1. The number of hydrogen-bond acceptors (Lipinski definition) is 6. The predicted molar refractivity (Wildman–Crippen MR) is 101 cm³/mol. The Balaban J connectivity index is 2.00. The van der Waals surface area contributed by atoms with Crippen LogP contribution in [0.3, 0.4) is 0 Å². The van der Waals surface area contributed by atoms with Crippen molar-refractivity contribution < 1.29 is 19.0 Å². The number of rotatable bonds is 8. The van der Waals surface area contributed by atoms with E-state index in [1.807, 2.05) is 0 Å². The second-order valence-corrected chi connectivity index (χ2v) is 5.66. The normalized spacial score (nSPS) is 10.7. The molecule has 0 saturated heterocycles. The van der Waals surface area contributed by atoms with E-state index < -0.39 is 0 Å². The van der Waals surface area contributed by atoms with Crippen molar-refractivity contribution in [1.29, 1.82) is 0 Å². The Bertz CT molecular complexity index is 864. The highest BCUT2D eigenvalue weighted by Gasteiger charge is 2.12. The highest BCUT2D eigenvalue weighted by Crippen LogP contribution is 2.38. The van der Waals surface area contributed by atoms with Crippen molar-refractivity contribution in [3.63, 3.8) is 0 Å². The van der Waals surface area contributed by atoms with Crippen molar-refractivity contribution in [2.24, 2.45) is 0 Å². The monoisotopic (exact) mass is 373 g/mol. The Morgan fingerprint density at radius 3 is 2.44 bits per heavy atom. The van der Waals surface area contributed by atoms with Crippen LogP contribution in [0.15, 0.2) is 35.5 Å². The number of ether oxygens (including phenoxy) is 3. The first-order chi connectivity index (χ1) is 13.0. The quantitative estimate of drug-likeness (QED) is 0.704. The summed E-state index contributed by atoms with van der Waals surface area (Å²) in [7, 11) is 4.58. The third kappa shape index (κ3) is 5.10. The van der Waals surface area contributed by atoms with Crippen LogP contribution in [0.1, 0.15) is 11.1 Å². The minimum atomic E-state index is -0.280. The van der Waals surface area contributed by atoms with E-state index in [-0.39, 0.29) is 11.5 Å². The van der Waals surface area contributed by atoms with E-state index in [1.165, 1.54) is 44.5 Å². The average molecular weight is 373 g/mol. The van der Waals surface area contributed by atoms with Crippen molar-refractivity contribution in [1.82, 2.24) is 14.9 Å². The maximum absolute atomic E-state index is 12.0. The van der Waals surface area contributed by atoms with Gasteiger partial charge in [-0.05, 0) is 30.7 Å². The van der Waals surface area contributed by atoms with E-state index in [9.17, 15) is 9.59 Å². The molecule has 0 aliphatic rings. The minimum absolute atomic E-state index is 0.118. The van der Waals surface area contributed by atoms with Crippen LogP contribution in [0.4, 0.5) is 0 Å². The zero-order valence-electron chi connectivity index (χ0n) is 15.8. The zero-order valence-corrected chi connectivity index (χ0v) is 15.8. The fourth-order valence-electron chi connectivity index (χ4n) is 2.45. The summed E-state index contributed by atoms with van der Waals surface area (Å²) in [6.07, 6.45) is 6.00. The molecule has 8 heteroatoms. The third-order valence-corrected chi connectivity index (χ3v) is 3.84. The first kappa shape index (κ1) is 20.0. The van der Waals surface area contributed by atoms with Crippen LogP contribution in [0.2, 0.25) is 0 Å². The maximum Gasteiger partial charge on any atom is 0.256 e. The molecule has 1 amide bonds. The van der Waals surface area contributed by atoms with Gasteiger partial charge in [-0.1, -0.05) is 0 Å². The molecule has 0 atom stereocenters. The highest BCUT2D eigenvalue weighted by atomic mass is 16.5. The van der Waals surface area contributed by atoms with Crippen LogP contribution in [-0.4, -0.2) is 43.3 Å². The van der Waals surface area contributed by atoms with E-state index >= 15 is 0 Å². The van der Waals surface area contributed by atoms with Crippen molar-refractivity contribution >= 4 is 12.0 Å². The van der Waals surface area contributed by atoms with Crippen molar-refractivity contribution in [2.75, 3.05) is 27.9 Å². The zero-order chi connectivity index (χ0) is 19.8. The first-order valence-electron chi connectivity index (χ1n) is 8.27. The summed E-state index contributed by atoms with van der Waals surface area (Å²) < 4.78 is 17.3. The standard InChI is InChI=1S/C19H23N3O5/c1-13-11-20-12-22(19(13)24)8-7-21-17(23)6-5-14-9-15(25-2)18(27-4)16(10-14)26-3/h5-6,9-12H,7-8H2,1-4H3,(H,21,23)/b6-5+. The summed E-state index contributed by atoms with van der Waals surface area (Å²) >= 11 is 0. The molecule has 0 bridgehead atoms. The molecule has 144 valence electrons. The van der Waals surface area contributed by atoms with E-state index in [0.29, 0.717) is 35.9 Å². The van der Waals surface area contributed by atoms with E-state index in [0.717, 1.165) is 5.56 Å². The van der Waals surface area contributed by atoms with Crippen LogP contribution in [0.25, 0.3) is 6.08 Å². The van der Waals surface area contributed by atoms with Crippen LogP contribution < -0.4 is 25.1 Å². The number of carbonyl (C=O) groups is 1. The first-order valence-corrected chi connectivity index (χ1v) is 8.27. The number of methoxy groups -OCH3 is 3. The molecule has 8 nitrogen and oxygen atoms in total. The summed E-state index contributed by atoms with van der Waals surface area (Å²) in [4.78, 5) is 27.9. The molecule has 0 spiro atoms. The van der Waals surface area contributed by atoms with Crippen LogP contribution >= 0.6 is 0 Å². The fourth-order valence-corrected chi connectivity index (χ4v) is 2.45. The molecule has 1 aromatic carbocycles. The molecular formula is C19H23N3O5. The number of aromatic nitrogens is 2. The Hall–Kier alpha value is -3.29. The Morgan fingerprint density at radius 2 is 1.85 bits per heavy atom. The summed E-state index contributed by atoms with van der Waals surface area (Å²) in [5.74, 6) is 1.21. The third-order valence-electron chi connectivity index (χ3n) is 3.84. The van der Waals surface area contributed by atoms with Gasteiger partial charge in [0.15, 0.2) is 11.5 Å². The predicted octanol–water partition coefficient (Wildman–Crippen LogP) is 1.41. The molecule has 0 radical (unpaired) electrons. The Kier molecular flexibility index (Phi) is 6.99. The van der Waals surface area contributed by atoms with Gasteiger partial charge < -0.3 is 19.5 Å². The van der Waals surface area contributed by atoms with Gasteiger partial charge in [-0.15, -0.1) is 0 Å². The van der Waals surface area contributed by atoms with Gasteiger partial charge in [-0.2, -0.15) is 0 Å². The molecule has 2 aromatic rings. The van der Waals surface area contributed by atoms with Crippen LogP contribution in [-0.2, 0) is 11.3 Å². The molecule has 2 rings (SSSR count). The lowest BCUT2D eigenvalue weighted by Crippen LogP contribution is -2.30. The topological polar surface area (TPSA) is 91.7 Å². The van der Waals surface area contributed by atoms with Gasteiger partial charge in [-0.3, -0.25) is 14.2 Å². The Labute approximate surface area is 157 Å². The second-order valence-electron chi connectivity index (χ2n) is 5.66. The number of hydrogen-bond donors (Lipinski definition) is 1. The van der Waals surface area contributed by atoms with Crippen molar-refractivity contribution in [3.8, 4) is 17.2 Å². The SMILES string of the molecule is COc1cc(/C=C/C(=O)NCCn2cncc(C)c2=O)cc(OC)c1OC. The van der Waals surface area contributed by atoms with Gasteiger partial charge in [0.1, 0.15) is 0 Å². The molecular weight excluding hydrogens is 350 g/mol. The smallest absolute Gasteiger partial charge is 0.256 e. The molecule has 1 heterocycles. The van der Waals surface area contributed by atoms with Crippen molar-refractivity contribution in [3.05, 3.63) is 52.2 Å². The highest BCUT2D eigenvalue weighted by molar-refractivity contribution is 5.91. The van der Waals surface area contributed by atoms with E-state index in [1.54, 1.807) is 25.1 Å². The second kappa shape index (κ2) is 9.42. The average Bonchev–Trinajstić information content (AvgIpc) is 2.68. The van der Waals surface area contributed by atoms with E-state index in [4.69, 9.17) is 14.2 Å². The van der Waals surface area contributed by atoms with Gasteiger partial charge in [0.25, 0.3) is 5.56 Å². The fraction of sp³-hybridized carbons (Fsp3) is 0.316. The molecule has 1 N–H and O–H groups in total. The summed E-state index contributed by atoms with van der Waals surface area (Å²) in [6, 6.07) is 3.48. The molecule has 0 fully saturated rings. The minimum Gasteiger partial charge on any atom is -0.493 e. The number of aryl methyl sites for hydroxylation is 1. The number of nitrogens with one attached hydrogen (secondary N) is 1. The van der Waals surface area contributed by atoms with Gasteiger partial charge in [-0.25, -0.2) is 4.98 Å². The lowest BCUT2D eigenvalue weighted by molar-refractivity contribution is -0.116. The lowest BCUT2D eigenvalue weighted by atomic mass is 10.1. The largest absolute Gasteiger partial charge is 0.493 e. The molecule has 27 heavy (non-hydrogen) atoms. The summed E-state index contributed by atoms with van der Waals surface area (Å²) in [5.41, 5.74) is 1.16. The Morgan fingerprint density at radius 1 is 1.19 bits per heavy atom. The number of amides is 1. The maximum atomic E-state index is 12.0. The summed E-state index contributed by atoms with van der Waals surface area (Å²) in [5, 5.41) is 2.73. The summed E-state index contributed by atoms with van der Waals surface area (Å²) in [6.45, 7) is 2.35.